The Bertz CT molecular complexity index is 236. The summed E-state index contributed by atoms with van der Waals surface area (Å²) in [6.45, 7) is 12.4. The third-order valence-electron chi connectivity index (χ3n) is 2.34. The van der Waals surface area contributed by atoms with Crippen LogP contribution in [0.15, 0.2) is 12.2 Å². The highest BCUT2D eigenvalue weighted by atomic mass is 15.1. The minimum Gasteiger partial charge on any atom is -0.294 e. The van der Waals surface area contributed by atoms with Crippen molar-refractivity contribution in [1.29, 1.82) is 0 Å². The first-order chi connectivity index (χ1) is 5.77. The van der Waals surface area contributed by atoms with E-state index in [2.05, 4.69) is 51.0 Å². The van der Waals surface area contributed by atoms with Gasteiger partial charge in [-0.25, -0.2) is 0 Å². The highest BCUT2D eigenvalue weighted by molar-refractivity contribution is 5.30. The molecule has 0 radical (unpaired) electrons. The summed E-state index contributed by atoms with van der Waals surface area (Å²) in [7, 11) is 4.07. The Balaban J connectivity index is 4.50. The van der Waals surface area contributed by atoms with Crippen LogP contribution >= 0.6 is 0 Å². The number of hydrogen-bond acceptors (Lipinski definition) is 1. The third-order valence-corrected chi connectivity index (χ3v) is 2.34. The zero-order valence-electron chi connectivity index (χ0n) is 9.73. The molecule has 0 atom stereocenters. The van der Waals surface area contributed by atoms with Gasteiger partial charge >= 0.3 is 0 Å². The summed E-state index contributed by atoms with van der Waals surface area (Å²) in [5, 5.41) is 0. The van der Waals surface area contributed by atoms with E-state index in [0.717, 1.165) is 5.57 Å². The molecule has 1 heteroatoms. The Morgan fingerprint density at radius 1 is 1.31 bits per heavy atom. The first kappa shape index (κ1) is 12.3. The first-order valence-corrected chi connectivity index (χ1v) is 4.66. The molecule has 0 aliphatic heterocycles. The molecule has 0 fully saturated rings. The van der Waals surface area contributed by atoms with Crippen molar-refractivity contribution in [3.63, 3.8) is 0 Å². The molecular formula is C12H21N. The summed E-state index contributed by atoms with van der Waals surface area (Å²) >= 11 is 0. The predicted molar refractivity (Wildman–Crippen MR) is 59.5 cm³/mol. The lowest BCUT2D eigenvalue weighted by atomic mass is 10.0. The van der Waals surface area contributed by atoms with Crippen molar-refractivity contribution in [3.8, 4) is 11.8 Å². The van der Waals surface area contributed by atoms with Gasteiger partial charge in [0.1, 0.15) is 0 Å². The molecule has 13 heavy (non-hydrogen) atoms. The van der Waals surface area contributed by atoms with Crippen molar-refractivity contribution in [2.24, 2.45) is 5.92 Å². The second-order valence-corrected chi connectivity index (χ2v) is 4.38. The Morgan fingerprint density at radius 2 is 1.77 bits per heavy atom. The van der Waals surface area contributed by atoms with Crippen LogP contribution in [-0.4, -0.2) is 24.5 Å². The molecule has 0 aliphatic carbocycles. The zero-order valence-corrected chi connectivity index (χ0v) is 9.73. The van der Waals surface area contributed by atoms with Crippen LogP contribution in [0, 0.1) is 17.8 Å². The van der Waals surface area contributed by atoms with Crippen molar-refractivity contribution in [2.75, 3.05) is 14.1 Å². The highest BCUT2D eigenvalue weighted by Gasteiger charge is 2.16. The second kappa shape index (κ2) is 4.48. The van der Waals surface area contributed by atoms with E-state index in [0.29, 0.717) is 5.92 Å². The van der Waals surface area contributed by atoms with Gasteiger partial charge in [0.2, 0.25) is 0 Å². The van der Waals surface area contributed by atoms with E-state index in [4.69, 9.17) is 0 Å². The van der Waals surface area contributed by atoms with Gasteiger partial charge in [-0.2, -0.15) is 0 Å². The smallest absolute Gasteiger partial charge is 0.0767 e. The quantitative estimate of drug-likeness (QED) is 0.589. The molecule has 0 unspecified atom stereocenters. The first-order valence-electron chi connectivity index (χ1n) is 4.66. The average molecular weight is 179 g/mol. The minimum absolute atomic E-state index is 0.0716. The van der Waals surface area contributed by atoms with Crippen LogP contribution in [0.1, 0.15) is 27.7 Å². The Labute approximate surface area is 82.8 Å². The van der Waals surface area contributed by atoms with Gasteiger partial charge in [-0.1, -0.05) is 32.3 Å². The van der Waals surface area contributed by atoms with Gasteiger partial charge in [-0.15, -0.1) is 0 Å². The molecule has 0 spiro atoms. The highest BCUT2D eigenvalue weighted by Crippen LogP contribution is 2.10. The van der Waals surface area contributed by atoms with Crippen LogP contribution in [0.3, 0.4) is 0 Å². The van der Waals surface area contributed by atoms with Gasteiger partial charge < -0.3 is 0 Å². The molecule has 0 bridgehead atoms. The number of rotatable bonds is 2. The number of hydrogen-bond donors (Lipinski definition) is 0. The van der Waals surface area contributed by atoms with Crippen LogP contribution in [-0.2, 0) is 0 Å². The van der Waals surface area contributed by atoms with E-state index in [1.54, 1.807) is 0 Å². The average Bonchev–Trinajstić information content (AvgIpc) is 1.99. The third kappa shape index (κ3) is 4.15. The zero-order chi connectivity index (χ0) is 10.6. The van der Waals surface area contributed by atoms with Gasteiger partial charge in [-0.05, 0) is 39.4 Å². The van der Waals surface area contributed by atoms with E-state index in [1.165, 1.54) is 0 Å². The molecule has 0 aromatic carbocycles. The van der Waals surface area contributed by atoms with Gasteiger partial charge in [0.25, 0.3) is 0 Å². The molecule has 1 nitrogen and oxygen atoms in total. The lowest BCUT2D eigenvalue weighted by Gasteiger charge is -2.26. The standard InChI is InChI=1S/C12H21N/c1-10(2)11(3)8-9-12(4,5)13(6)7/h10H,3H2,1-2,4-7H3. The molecule has 74 valence electrons. The topological polar surface area (TPSA) is 3.24 Å². The molecule has 0 rings (SSSR count). The fourth-order valence-electron chi connectivity index (χ4n) is 0.489. The summed E-state index contributed by atoms with van der Waals surface area (Å²) in [6, 6.07) is 0. The van der Waals surface area contributed by atoms with Crippen molar-refractivity contribution < 1.29 is 0 Å². The largest absolute Gasteiger partial charge is 0.294 e. The maximum absolute atomic E-state index is 3.92. The van der Waals surface area contributed by atoms with Crippen LogP contribution in [0.25, 0.3) is 0 Å². The van der Waals surface area contributed by atoms with E-state index < -0.39 is 0 Å². The summed E-state index contributed by atoms with van der Waals surface area (Å²) in [6.07, 6.45) is 0. The normalized spacial score (nSPS) is 11.4. The van der Waals surface area contributed by atoms with Crippen LogP contribution < -0.4 is 0 Å². The maximum atomic E-state index is 3.92. The molecule has 0 aromatic rings. The summed E-state index contributed by atoms with van der Waals surface area (Å²) < 4.78 is 0. The van der Waals surface area contributed by atoms with E-state index in [1.807, 2.05) is 14.1 Å². The fourth-order valence-corrected chi connectivity index (χ4v) is 0.489. The lowest BCUT2D eigenvalue weighted by Crippen LogP contribution is -2.36. The minimum atomic E-state index is -0.0716. The summed E-state index contributed by atoms with van der Waals surface area (Å²) in [5.41, 5.74) is 0.938. The van der Waals surface area contributed by atoms with Crippen LogP contribution in [0.4, 0.5) is 0 Å². The lowest BCUT2D eigenvalue weighted by molar-refractivity contribution is 0.263. The molecule has 0 saturated heterocycles. The van der Waals surface area contributed by atoms with E-state index in [-0.39, 0.29) is 5.54 Å². The molecule has 0 saturated carbocycles. The van der Waals surface area contributed by atoms with Gasteiger partial charge in [-0.3, -0.25) is 4.90 Å². The van der Waals surface area contributed by atoms with Crippen molar-refractivity contribution in [1.82, 2.24) is 4.90 Å². The Hall–Kier alpha value is -0.740. The number of allylic oxidation sites excluding steroid dienone is 1. The Kier molecular flexibility index (Phi) is 4.23. The van der Waals surface area contributed by atoms with Crippen molar-refractivity contribution in [3.05, 3.63) is 12.2 Å². The Morgan fingerprint density at radius 3 is 2.08 bits per heavy atom. The van der Waals surface area contributed by atoms with Gasteiger partial charge in [0.15, 0.2) is 0 Å². The monoisotopic (exact) mass is 179 g/mol. The van der Waals surface area contributed by atoms with Crippen LogP contribution in [0.2, 0.25) is 0 Å². The SMILES string of the molecule is C=C(C#CC(C)(C)N(C)C)C(C)C. The number of nitrogens with zero attached hydrogens (tertiary/aromatic N) is 1. The van der Waals surface area contributed by atoms with E-state index >= 15 is 0 Å². The van der Waals surface area contributed by atoms with Gasteiger partial charge in [0, 0.05) is 0 Å². The summed E-state index contributed by atoms with van der Waals surface area (Å²) in [4.78, 5) is 2.10. The van der Waals surface area contributed by atoms with Gasteiger partial charge in [0.05, 0.1) is 5.54 Å². The maximum Gasteiger partial charge on any atom is 0.0767 e. The van der Waals surface area contributed by atoms with Crippen LogP contribution in [0.5, 0.6) is 0 Å². The molecule has 0 heterocycles. The molecule has 0 N–H and O–H groups in total. The van der Waals surface area contributed by atoms with Crippen molar-refractivity contribution >= 4 is 0 Å². The predicted octanol–water partition coefficient (Wildman–Crippen LogP) is 2.54. The fraction of sp³-hybridized carbons (Fsp3) is 0.667. The molecule has 0 aliphatic rings. The second-order valence-electron chi connectivity index (χ2n) is 4.38. The molecule has 0 amide bonds. The van der Waals surface area contributed by atoms with E-state index in [9.17, 15) is 0 Å². The van der Waals surface area contributed by atoms with Crippen molar-refractivity contribution in [2.45, 2.75) is 33.2 Å². The molecular weight excluding hydrogens is 158 g/mol. The molecule has 0 aromatic heterocycles. The summed E-state index contributed by atoms with van der Waals surface area (Å²) in [5.74, 6) is 6.78.